The smallest absolute Gasteiger partial charge is 0.0212 e. The number of hydrogen-bond donors (Lipinski definition) is 0. The van der Waals surface area contributed by atoms with Gasteiger partial charge in [-0.25, -0.2) is 0 Å². The molecule has 0 spiro atoms. The molecule has 2 aromatic carbocycles. The molecule has 0 fully saturated rings. The van der Waals surface area contributed by atoms with Crippen LogP contribution in [0.25, 0.3) is 22.3 Å². The maximum Gasteiger partial charge on any atom is 0.0212 e. The lowest BCUT2D eigenvalue weighted by Crippen LogP contribution is -1.82. The molecule has 0 heteroatoms. The molecule has 2 aromatic rings. The van der Waals surface area contributed by atoms with E-state index in [2.05, 4.69) is 56.0 Å². The highest BCUT2D eigenvalue weighted by Crippen LogP contribution is 2.39. The Balaban J connectivity index is 2.10. The predicted octanol–water partition coefficient (Wildman–Crippen LogP) is 5.33. The molecular formula is C19H17. The lowest BCUT2D eigenvalue weighted by molar-refractivity contribution is 1.49. The Hall–Kier alpha value is -2.08. The SMILES string of the molecule is C=C(C)c1ccc2c(c1)[CH]c1cc(C(=C)C)ccc1-2. The summed E-state index contributed by atoms with van der Waals surface area (Å²) in [5.41, 5.74) is 9.83. The lowest BCUT2D eigenvalue weighted by atomic mass is 9.99. The van der Waals surface area contributed by atoms with Gasteiger partial charge in [-0.3, -0.25) is 0 Å². The van der Waals surface area contributed by atoms with Crippen LogP contribution in [0.1, 0.15) is 36.1 Å². The summed E-state index contributed by atoms with van der Waals surface area (Å²) in [4.78, 5) is 0. The molecule has 0 bridgehead atoms. The molecule has 0 N–H and O–H groups in total. The summed E-state index contributed by atoms with van der Waals surface area (Å²) in [5, 5.41) is 0. The molecule has 0 unspecified atom stereocenters. The fourth-order valence-electron chi connectivity index (χ4n) is 2.55. The van der Waals surface area contributed by atoms with Crippen molar-refractivity contribution in [3.05, 3.63) is 78.2 Å². The van der Waals surface area contributed by atoms with Gasteiger partial charge in [-0.1, -0.05) is 60.7 Å². The summed E-state index contributed by atoms with van der Waals surface area (Å²) < 4.78 is 0. The van der Waals surface area contributed by atoms with Crippen LogP contribution in [0, 0.1) is 6.42 Å². The fourth-order valence-corrected chi connectivity index (χ4v) is 2.55. The first-order chi connectivity index (χ1) is 9.06. The van der Waals surface area contributed by atoms with Gasteiger partial charge in [0.1, 0.15) is 0 Å². The second-order valence-electron chi connectivity index (χ2n) is 5.31. The predicted molar refractivity (Wildman–Crippen MR) is 83.8 cm³/mol. The highest BCUT2D eigenvalue weighted by Gasteiger charge is 2.19. The molecule has 93 valence electrons. The number of rotatable bonds is 2. The van der Waals surface area contributed by atoms with Crippen LogP contribution < -0.4 is 0 Å². The van der Waals surface area contributed by atoms with Crippen LogP contribution in [-0.4, -0.2) is 0 Å². The van der Waals surface area contributed by atoms with E-state index in [0.717, 1.165) is 11.1 Å². The van der Waals surface area contributed by atoms with Crippen LogP contribution in [0.5, 0.6) is 0 Å². The molecule has 0 aliphatic heterocycles. The Morgan fingerprint density at radius 2 is 1.16 bits per heavy atom. The van der Waals surface area contributed by atoms with Gasteiger partial charge in [-0.15, -0.1) is 0 Å². The van der Waals surface area contributed by atoms with E-state index in [0.29, 0.717) is 0 Å². The number of hydrogen-bond acceptors (Lipinski definition) is 0. The monoisotopic (exact) mass is 245 g/mol. The number of allylic oxidation sites excluding steroid dienone is 2. The van der Waals surface area contributed by atoms with Crippen molar-refractivity contribution in [2.24, 2.45) is 0 Å². The topological polar surface area (TPSA) is 0 Å². The second kappa shape index (κ2) is 4.24. The van der Waals surface area contributed by atoms with Gasteiger partial charge in [-0.05, 0) is 47.2 Å². The Morgan fingerprint density at radius 1 is 0.737 bits per heavy atom. The van der Waals surface area contributed by atoms with Crippen LogP contribution >= 0.6 is 0 Å². The third-order valence-corrected chi connectivity index (χ3v) is 3.69. The molecule has 19 heavy (non-hydrogen) atoms. The van der Waals surface area contributed by atoms with Crippen molar-refractivity contribution in [2.75, 3.05) is 0 Å². The van der Waals surface area contributed by atoms with Crippen LogP contribution in [0.15, 0.2) is 49.6 Å². The van der Waals surface area contributed by atoms with Crippen molar-refractivity contribution in [2.45, 2.75) is 13.8 Å². The summed E-state index contributed by atoms with van der Waals surface area (Å²) in [6, 6.07) is 13.1. The Bertz CT molecular complexity index is 640. The molecule has 0 heterocycles. The van der Waals surface area contributed by atoms with E-state index in [9.17, 15) is 0 Å². The number of fused-ring (bicyclic) bond motifs is 3. The van der Waals surface area contributed by atoms with Crippen molar-refractivity contribution in [1.82, 2.24) is 0 Å². The largest absolute Gasteiger partial charge is 0.0955 e. The average Bonchev–Trinajstić information content (AvgIpc) is 2.74. The van der Waals surface area contributed by atoms with Crippen LogP contribution in [0.2, 0.25) is 0 Å². The van der Waals surface area contributed by atoms with Gasteiger partial charge in [-0.2, -0.15) is 0 Å². The molecule has 0 saturated heterocycles. The fraction of sp³-hybridized carbons (Fsp3) is 0.105. The molecule has 0 amide bonds. The average molecular weight is 245 g/mol. The summed E-state index contributed by atoms with van der Waals surface area (Å²) in [6.07, 6.45) is 2.25. The third-order valence-electron chi connectivity index (χ3n) is 3.69. The Morgan fingerprint density at radius 3 is 1.53 bits per heavy atom. The van der Waals surface area contributed by atoms with E-state index in [1.165, 1.54) is 33.4 Å². The zero-order chi connectivity index (χ0) is 13.6. The van der Waals surface area contributed by atoms with Crippen molar-refractivity contribution in [1.29, 1.82) is 0 Å². The van der Waals surface area contributed by atoms with Crippen LogP contribution in [0.3, 0.4) is 0 Å². The molecule has 0 aromatic heterocycles. The van der Waals surface area contributed by atoms with Gasteiger partial charge in [0.25, 0.3) is 0 Å². The summed E-state index contributed by atoms with van der Waals surface area (Å²) in [5.74, 6) is 0. The zero-order valence-corrected chi connectivity index (χ0v) is 11.5. The van der Waals surface area contributed by atoms with Gasteiger partial charge in [0.05, 0.1) is 0 Å². The lowest BCUT2D eigenvalue weighted by Gasteiger charge is -2.05. The standard InChI is InChI=1S/C19H17/c1-12(2)14-5-7-18-16(9-14)11-17-10-15(13(3)4)6-8-19(17)18/h5-11H,1,3H2,2,4H3. The van der Waals surface area contributed by atoms with Crippen LogP contribution in [-0.2, 0) is 0 Å². The molecule has 1 aliphatic carbocycles. The first-order valence-corrected chi connectivity index (χ1v) is 6.51. The van der Waals surface area contributed by atoms with Crippen molar-refractivity contribution >= 4 is 11.1 Å². The van der Waals surface area contributed by atoms with Gasteiger partial charge in [0.15, 0.2) is 0 Å². The maximum atomic E-state index is 4.01. The highest BCUT2D eigenvalue weighted by atomic mass is 14.2. The van der Waals surface area contributed by atoms with E-state index in [1.54, 1.807) is 0 Å². The molecule has 0 atom stereocenters. The van der Waals surface area contributed by atoms with Crippen molar-refractivity contribution < 1.29 is 0 Å². The van der Waals surface area contributed by atoms with Crippen LogP contribution in [0.4, 0.5) is 0 Å². The minimum atomic E-state index is 1.11. The van der Waals surface area contributed by atoms with Gasteiger partial charge < -0.3 is 0 Å². The quantitative estimate of drug-likeness (QED) is 0.572. The number of benzene rings is 2. The molecule has 1 aliphatic rings. The minimum Gasteiger partial charge on any atom is -0.0955 e. The highest BCUT2D eigenvalue weighted by molar-refractivity contribution is 5.84. The van der Waals surface area contributed by atoms with Gasteiger partial charge in [0, 0.05) is 6.42 Å². The van der Waals surface area contributed by atoms with Crippen molar-refractivity contribution in [3.8, 4) is 11.1 Å². The first kappa shape index (κ1) is 12.0. The normalized spacial score (nSPS) is 11.9. The molecule has 0 saturated carbocycles. The minimum absolute atomic E-state index is 1.11. The Kier molecular flexibility index (Phi) is 2.67. The van der Waals surface area contributed by atoms with Gasteiger partial charge in [0.2, 0.25) is 0 Å². The summed E-state index contributed by atoms with van der Waals surface area (Å²) in [7, 11) is 0. The van der Waals surface area contributed by atoms with E-state index < -0.39 is 0 Å². The van der Waals surface area contributed by atoms with E-state index in [4.69, 9.17) is 0 Å². The van der Waals surface area contributed by atoms with Gasteiger partial charge >= 0.3 is 0 Å². The van der Waals surface area contributed by atoms with Crippen molar-refractivity contribution in [3.63, 3.8) is 0 Å². The van der Waals surface area contributed by atoms with E-state index in [1.807, 2.05) is 13.8 Å². The zero-order valence-electron chi connectivity index (χ0n) is 11.5. The molecule has 1 radical (unpaired) electrons. The molecule has 3 rings (SSSR count). The first-order valence-electron chi connectivity index (χ1n) is 6.51. The molecule has 0 nitrogen and oxygen atoms in total. The second-order valence-corrected chi connectivity index (χ2v) is 5.31. The van der Waals surface area contributed by atoms with E-state index >= 15 is 0 Å². The third kappa shape index (κ3) is 1.94. The molecular weight excluding hydrogens is 228 g/mol. The maximum absolute atomic E-state index is 4.01. The summed E-state index contributed by atoms with van der Waals surface area (Å²) >= 11 is 0. The summed E-state index contributed by atoms with van der Waals surface area (Å²) in [6.45, 7) is 12.1. The van der Waals surface area contributed by atoms with E-state index in [-0.39, 0.29) is 0 Å². The Labute approximate surface area is 115 Å².